The summed E-state index contributed by atoms with van der Waals surface area (Å²) in [4.78, 5) is 30.0. The Balaban J connectivity index is 1.74. The van der Waals surface area contributed by atoms with Crippen LogP contribution in [-0.2, 0) is 14.8 Å². The standard InChI is InChI=1S/C24H30N4O4S/c1-16(2)14-21(27-23(29)20-11-5-4-8-17(20)3)24(30)26-18-9-6-10-19(15-18)33(31,32)28-22-12-7-13-25-22/h4-6,8-11,15-16,21H,7,12-14H2,1-3H3,(H,25,28)(H,26,30)(H,27,29). The third-order valence-electron chi connectivity index (χ3n) is 5.26. The number of aliphatic imine (C=N–C) groups is 1. The van der Waals surface area contributed by atoms with Crippen LogP contribution >= 0.6 is 0 Å². The predicted octanol–water partition coefficient (Wildman–Crippen LogP) is 3.25. The van der Waals surface area contributed by atoms with Crippen LogP contribution in [0.1, 0.15) is 49.0 Å². The molecular weight excluding hydrogens is 440 g/mol. The Bertz CT molecular complexity index is 1160. The average Bonchev–Trinajstić information content (AvgIpc) is 3.25. The van der Waals surface area contributed by atoms with Gasteiger partial charge in [0, 0.05) is 24.2 Å². The number of hydrogen-bond acceptors (Lipinski definition) is 5. The molecular formula is C24H30N4O4S. The smallest absolute Gasteiger partial charge is 0.262 e. The molecule has 33 heavy (non-hydrogen) atoms. The van der Waals surface area contributed by atoms with Gasteiger partial charge in [0.25, 0.3) is 15.9 Å². The number of carbonyl (C=O) groups is 2. The summed E-state index contributed by atoms with van der Waals surface area (Å²) in [5.74, 6) is -0.138. The summed E-state index contributed by atoms with van der Waals surface area (Å²) in [6.45, 7) is 6.37. The van der Waals surface area contributed by atoms with Crippen molar-refractivity contribution in [2.75, 3.05) is 11.9 Å². The molecule has 1 aliphatic rings. The fourth-order valence-corrected chi connectivity index (χ4v) is 4.71. The Labute approximate surface area is 194 Å². The minimum Gasteiger partial charge on any atom is -0.340 e. The molecule has 2 aromatic rings. The van der Waals surface area contributed by atoms with E-state index in [9.17, 15) is 18.0 Å². The van der Waals surface area contributed by atoms with Crippen LogP contribution in [0.5, 0.6) is 0 Å². The second-order valence-corrected chi connectivity index (χ2v) is 10.2. The largest absolute Gasteiger partial charge is 0.340 e. The number of amidine groups is 1. The van der Waals surface area contributed by atoms with Gasteiger partial charge in [-0.15, -0.1) is 0 Å². The van der Waals surface area contributed by atoms with E-state index in [0.29, 0.717) is 36.5 Å². The van der Waals surface area contributed by atoms with E-state index in [1.165, 1.54) is 12.1 Å². The molecule has 2 amide bonds. The quantitative estimate of drug-likeness (QED) is 0.549. The maximum atomic E-state index is 13.0. The van der Waals surface area contributed by atoms with E-state index in [4.69, 9.17) is 0 Å². The molecule has 1 atom stereocenters. The van der Waals surface area contributed by atoms with Crippen LogP contribution in [0.25, 0.3) is 0 Å². The highest BCUT2D eigenvalue weighted by Crippen LogP contribution is 2.18. The molecule has 8 nitrogen and oxygen atoms in total. The number of sulfonamides is 1. The van der Waals surface area contributed by atoms with Crippen LogP contribution in [0.3, 0.4) is 0 Å². The summed E-state index contributed by atoms with van der Waals surface area (Å²) in [6.07, 6.45) is 1.84. The molecule has 0 aromatic heterocycles. The normalized spacial score (nSPS) is 14.5. The van der Waals surface area contributed by atoms with E-state index in [1.54, 1.807) is 24.3 Å². The lowest BCUT2D eigenvalue weighted by Gasteiger charge is -2.21. The topological polar surface area (TPSA) is 117 Å². The van der Waals surface area contributed by atoms with E-state index >= 15 is 0 Å². The third kappa shape index (κ3) is 6.64. The van der Waals surface area contributed by atoms with Gasteiger partial charge in [0.15, 0.2) is 0 Å². The Morgan fingerprint density at radius 1 is 1.09 bits per heavy atom. The van der Waals surface area contributed by atoms with Crippen LogP contribution in [0, 0.1) is 12.8 Å². The summed E-state index contributed by atoms with van der Waals surface area (Å²) in [7, 11) is -3.80. The predicted molar refractivity (Wildman–Crippen MR) is 129 cm³/mol. The van der Waals surface area contributed by atoms with Crippen molar-refractivity contribution in [2.24, 2.45) is 10.9 Å². The minimum atomic E-state index is -3.80. The summed E-state index contributed by atoms with van der Waals surface area (Å²) in [6, 6.07) is 12.4. The summed E-state index contributed by atoms with van der Waals surface area (Å²) >= 11 is 0. The van der Waals surface area contributed by atoms with Gasteiger partial charge >= 0.3 is 0 Å². The molecule has 0 radical (unpaired) electrons. The molecule has 2 aromatic carbocycles. The first-order valence-corrected chi connectivity index (χ1v) is 12.5. The lowest BCUT2D eigenvalue weighted by molar-refractivity contribution is -0.118. The summed E-state index contributed by atoms with van der Waals surface area (Å²) in [5, 5.41) is 5.57. The maximum Gasteiger partial charge on any atom is 0.262 e. The summed E-state index contributed by atoms with van der Waals surface area (Å²) in [5.41, 5.74) is 1.65. The van der Waals surface area contributed by atoms with Crippen molar-refractivity contribution >= 4 is 33.4 Å². The number of aryl methyl sites for hydroxylation is 1. The number of hydrogen-bond donors (Lipinski definition) is 3. The Morgan fingerprint density at radius 2 is 1.85 bits per heavy atom. The van der Waals surface area contributed by atoms with E-state index < -0.39 is 22.0 Å². The Kier molecular flexibility index (Phi) is 7.86. The first-order valence-electron chi connectivity index (χ1n) is 11.0. The fourth-order valence-electron chi connectivity index (χ4n) is 3.57. The van der Waals surface area contributed by atoms with Gasteiger partial charge in [0.05, 0.1) is 4.90 Å². The molecule has 0 spiro atoms. The first-order chi connectivity index (χ1) is 15.7. The van der Waals surface area contributed by atoms with Crippen molar-refractivity contribution < 1.29 is 18.0 Å². The highest BCUT2D eigenvalue weighted by molar-refractivity contribution is 7.90. The zero-order chi connectivity index (χ0) is 24.0. The van der Waals surface area contributed by atoms with E-state index in [1.807, 2.05) is 32.9 Å². The number of carbonyl (C=O) groups excluding carboxylic acids is 2. The zero-order valence-electron chi connectivity index (χ0n) is 19.1. The number of nitrogens with zero attached hydrogens (tertiary/aromatic N) is 1. The van der Waals surface area contributed by atoms with Crippen LogP contribution in [-0.4, -0.2) is 38.7 Å². The van der Waals surface area contributed by atoms with Crippen molar-refractivity contribution in [3.63, 3.8) is 0 Å². The third-order valence-corrected chi connectivity index (χ3v) is 6.64. The van der Waals surface area contributed by atoms with Gasteiger partial charge in [-0.1, -0.05) is 38.1 Å². The van der Waals surface area contributed by atoms with Gasteiger partial charge in [-0.25, -0.2) is 8.42 Å². The second kappa shape index (κ2) is 10.6. The molecule has 9 heteroatoms. The van der Waals surface area contributed by atoms with E-state index in [0.717, 1.165) is 12.0 Å². The van der Waals surface area contributed by atoms with Crippen LogP contribution in [0.4, 0.5) is 5.69 Å². The van der Waals surface area contributed by atoms with Gasteiger partial charge in [0.2, 0.25) is 5.91 Å². The molecule has 3 N–H and O–H groups in total. The molecule has 0 saturated heterocycles. The monoisotopic (exact) mass is 470 g/mol. The Morgan fingerprint density at radius 3 is 2.52 bits per heavy atom. The number of rotatable bonds is 8. The lowest BCUT2D eigenvalue weighted by atomic mass is 10.0. The highest BCUT2D eigenvalue weighted by Gasteiger charge is 2.24. The van der Waals surface area contributed by atoms with Crippen LogP contribution in [0.15, 0.2) is 58.4 Å². The van der Waals surface area contributed by atoms with Crippen LogP contribution < -0.4 is 15.4 Å². The van der Waals surface area contributed by atoms with Gasteiger partial charge in [0.1, 0.15) is 11.9 Å². The van der Waals surface area contributed by atoms with Gasteiger partial charge in [-0.2, -0.15) is 0 Å². The Hall–Kier alpha value is -3.20. The van der Waals surface area contributed by atoms with E-state index in [-0.39, 0.29) is 16.7 Å². The average molecular weight is 471 g/mol. The number of benzene rings is 2. The van der Waals surface area contributed by atoms with Gasteiger partial charge < -0.3 is 10.6 Å². The number of nitrogens with one attached hydrogen (secondary N) is 3. The summed E-state index contributed by atoms with van der Waals surface area (Å²) < 4.78 is 27.9. The van der Waals surface area contributed by atoms with Crippen molar-refractivity contribution in [1.29, 1.82) is 0 Å². The SMILES string of the molecule is Cc1ccccc1C(=O)NC(CC(C)C)C(=O)Nc1cccc(S(=O)(=O)NC2=NCCC2)c1. The number of amides is 2. The van der Waals surface area contributed by atoms with Crippen LogP contribution in [0.2, 0.25) is 0 Å². The zero-order valence-corrected chi connectivity index (χ0v) is 19.9. The first kappa shape index (κ1) is 24.4. The van der Waals surface area contributed by atoms with Crippen molar-refractivity contribution in [2.45, 2.75) is 51.0 Å². The van der Waals surface area contributed by atoms with Gasteiger partial charge in [-0.05, 0) is 55.5 Å². The van der Waals surface area contributed by atoms with Crippen molar-refractivity contribution in [3.05, 3.63) is 59.7 Å². The molecule has 0 fully saturated rings. The molecule has 3 rings (SSSR count). The second-order valence-electron chi connectivity index (χ2n) is 8.53. The van der Waals surface area contributed by atoms with Crippen molar-refractivity contribution in [3.8, 4) is 0 Å². The lowest BCUT2D eigenvalue weighted by Crippen LogP contribution is -2.44. The minimum absolute atomic E-state index is 0.0271. The fraction of sp³-hybridized carbons (Fsp3) is 0.375. The van der Waals surface area contributed by atoms with E-state index in [2.05, 4.69) is 20.3 Å². The molecule has 176 valence electrons. The van der Waals surface area contributed by atoms with Gasteiger partial charge in [-0.3, -0.25) is 19.3 Å². The molecule has 1 unspecified atom stereocenters. The molecule has 1 heterocycles. The molecule has 0 aliphatic carbocycles. The van der Waals surface area contributed by atoms with Crippen molar-refractivity contribution in [1.82, 2.24) is 10.0 Å². The molecule has 0 saturated carbocycles. The molecule has 0 bridgehead atoms. The maximum absolute atomic E-state index is 13.0. The highest BCUT2D eigenvalue weighted by atomic mass is 32.2. The molecule has 1 aliphatic heterocycles. The number of anilines is 1.